The molecule has 1 N–H and O–H groups in total. The van der Waals surface area contributed by atoms with E-state index in [4.69, 9.17) is 4.74 Å². The summed E-state index contributed by atoms with van der Waals surface area (Å²) in [7, 11) is 1.62. The maximum atomic E-state index is 13.1. The average molecular weight is 429 g/mol. The Kier molecular flexibility index (Phi) is 9.74. The van der Waals surface area contributed by atoms with Gasteiger partial charge in [-0.05, 0) is 43.5 Å². The maximum Gasteiger partial charge on any atom is 0.242 e. The molecule has 0 fully saturated rings. The van der Waals surface area contributed by atoms with Crippen molar-refractivity contribution < 1.29 is 14.3 Å². The number of methoxy groups -OCH3 is 1. The van der Waals surface area contributed by atoms with E-state index >= 15 is 0 Å². The van der Waals surface area contributed by atoms with Crippen LogP contribution in [-0.4, -0.2) is 42.2 Å². The van der Waals surface area contributed by atoms with Crippen LogP contribution in [0.4, 0.5) is 0 Å². The van der Waals surface area contributed by atoms with E-state index in [2.05, 4.69) is 36.5 Å². The van der Waals surface area contributed by atoms with Crippen molar-refractivity contribution in [2.75, 3.05) is 19.4 Å². The fraction of sp³-hybridized carbons (Fsp3) is 0.417. The molecule has 0 aliphatic carbocycles. The Morgan fingerprint density at radius 3 is 2.47 bits per heavy atom. The molecule has 2 aromatic rings. The Balaban J connectivity index is 2.12. The number of aryl methyl sites for hydroxylation is 1. The van der Waals surface area contributed by atoms with E-state index < -0.39 is 6.04 Å². The molecule has 0 aliphatic rings. The molecule has 6 heteroatoms. The summed E-state index contributed by atoms with van der Waals surface area (Å²) in [5.74, 6) is 1.68. The van der Waals surface area contributed by atoms with Crippen LogP contribution in [0, 0.1) is 6.92 Å². The van der Waals surface area contributed by atoms with Gasteiger partial charge in [-0.3, -0.25) is 9.59 Å². The number of hydrogen-bond acceptors (Lipinski definition) is 4. The van der Waals surface area contributed by atoms with Gasteiger partial charge < -0.3 is 15.0 Å². The van der Waals surface area contributed by atoms with Crippen LogP contribution >= 0.6 is 11.8 Å². The molecule has 0 aliphatic heterocycles. The van der Waals surface area contributed by atoms with E-state index in [0.29, 0.717) is 25.3 Å². The molecule has 0 heterocycles. The van der Waals surface area contributed by atoms with Crippen LogP contribution in [0.2, 0.25) is 0 Å². The molecule has 0 radical (unpaired) electrons. The topological polar surface area (TPSA) is 58.6 Å². The van der Waals surface area contributed by atoms with E-state index in [1.807, 2.05) is 38.1 Å². The molecule has 1 atom stereocenters. The predicted octanol–water partition coefficient (Wildman–Crippen LogP) is 4.18. The first-order chi connectivity index (χ1) is 14.5. The number of benzene rings is 2. The van der Waals surface area contributed by atoms with Gasteiger partial charge >= 0.3 is 0 Å². The lowest BCUT2D eigenvalue weighted by atomic mass is 10.1. The van der Waals surface area contributed by atoms with E-state index in [-0.39, 0.29) is 11.8 Å². The zero-order valence-corrected chi connectivity index (χ0v) is 19.1. The van der Waals surface area contributed by atoms with Crippen molar-refractivity contribution in [1.29, 1.82) is 0 Å². The van der Waals surface area contributed by atoms with Gasteiger partial charge in [-0.15, -0.1) is 11.8 Å². The van der Waals surface area contributed by atoms with Crippen molar-refractivity contribution in [1.82, 2.24) is 10.2 Å². The molecule has 0 saturated carbocycles. The van der Waals surface area contributed by atoms with Gasteiger partial charge in [0.15, 0.2) is 0 Å². The Labute approximate surface area is 184 Å². The number of amides is 2. The first-order valence-electron chi connectivity index (χ1n) is 10.3. The number of nitrogens with one attached hydrogen (secondary N) is 1. The Morgan fingerprint density at radius 1 is 1.10 bits per heavy atom. The van der Waals surface area contributed by atoms with Crippen molar-refractivity contribution in [2.24, 2.45) is 0 Å². The van der Waals surface area contributed by atoms with Crippen molar-refractivity contribution in [2.45, 2.75) is 45.5 Å². The number of carbonyl (C=O) groups excluding carboxylic acids is 2. The first kappa shape index (κ1) is 23.8. The second-order valence-corrected chi connectivity index (χ2v) is 8.16. The number of ether oxygens (including phenoxy) is 1. The predicted molar refractivity (Wildman–Crippen MR) is 124 cm³/mol. The molecule has 2 amide bonds. The Morgan fingerprint density at radius 2 is 1.83 bits per heavy atom. The SMILES string of the molecule is CCNC(=O)C(CC)N(Cc1cccc(OC)c1)C(=O)CSCc1ccc(C)cc1. The quantitative estimate of drug-likeness (QED) is 0.583. The third kappa shape index (κ3) is 7.10. The number of carbonyl (C=O) groups is 2. The number of nitrogens with zero attached hydrogens (tertiary/aromatic N) is 1. The highest BCUT2D eigenvalue weighted by Crippen LogP contribution is 2.19. The molecular formula is C24H32N2O3S. The summed E-state index contributed by atoms with van der Waals surface area (Å²) in [5, 5.41) is 2.86. The molecule has 30 heavy (non-hydrogen) atoms. The average Bonchev–Trinajstić information content (AvgIpc) is 2.75. The number of likely N-dealkylation sites (N-methyl/N-ethyl adjacent to an activating group) is 1. The Bertz CT molecular complexity index is 823. The summed E-state index contributed by atoms with van der Waals surface area (Å²) in [6.07, 6.45) is 0.560. The van der Waals surface area contributed by atoms with Gasteiger partial charge in [0.1, 0.15) is 11.8 Å². The molecule has 0 aromatic heterocycles. The third-order valence-electron chi connectivity index (χ3n) is 4.84. The van der Waals surface area contributed by atoms with Crippen molar-refractivity contribution in [3.05, 3.63) is 65.2 Å². The lowest BCUT2D eigenvalue weighted by molar-refractivity contribution is -0.139. The highest BCUT2D eigenvalue weighted by atomic mass is 32.2. The molecule has 0 spiro atoms. The van der Waals surface area contributed by atoms with E-state index in [1.165, 1.54) is 11.1 Å². The van der Waals surface area contributed by atoms with Crippen LogP contribution in [0.15, 0.2) is 48.5 Å². The summed E-state index contributed by atoms with van der Waals surface area (Å²) in [4.78, 5) is 27.5. The minimum atomic E-state index is -0.497. The van der Waals surface area contributed by atoms with Gasteiger partial charge in [-0.1, -0.05) is 48.9 Å². The maximum absolute atomic E-state index is 13.1. The number of thioether (sulfide) groups is 1. The van der Waals surface area contributed by atoms with E-state index in [0.717, 1.165) is 17.1 Å². The van der Waals surface area contributed by atoms with Crippen LogP contribution in [-0.2, 0) is 21.9 Å². The van der Waals surface area contributed by atoms with Gasteiger partial charge in [-0.25, -0.2) is 0 Å². The summed E-state index contributed by atoms with van der Waals surface area (Å²) < 4.78 is 5.31. The van der Waals surface area contributed by atoms with Gasteiger partial charge in [0.05, 0.1) is 12.9 Å². The molecule has 5 nitrogen and oxygen atoms in total. The van der Waals surface area contributed by atoms with Crippen LogP contribution in [0.3, 0.4) is 0 Å². The van der Waals surface area contributed by atoms with E-state index in [1.54, 1.807) is 23.8 Å². The standard InChI is InChI=1S/C24H32N2O3S/c1-5-22(24(28)25-6-2)26(15-20-8-7-9-21(14-20)29-4)23(27)17-30-16-19-12-10-18(3)11-13-19/h7-14,22H,5-6,15-17H2,1-4H3,(H,25,28). The van der Waals surface area contributed by atoms with Crippen LogP contribution < -0.4 is 10.1 Å². The van der Waals surface area contributed by atoms with Crippen molar-refractivity contribution in [3.63, 3.8) is 0 Å². The number of rotatable bonds is 11. The molecule has 0 bridgehead atoms. The van der Waals surface area contributed by atoms with Crippen LogP contribution in [0.1, 0.15) is 37.0 Å². The largest absolute Gasteiger partial charge is 0.497 e. The summed E-state index contributed by atoms with van der Waals surface area (Å²) in [6, 6.07) is 15.5. The minimum Gasteiger partial charge on any atom is -0.497 e. The molecule has 1 unspecified atom stereocenters. The fourth-order valence-electron chi connectivity index (χ4n) is 3.20. The highest BCUT2D eigenvalue weighted by molar-refractivity contribution is 7.99. The molecule has 162 valence electrons. The van der Waals surface area contributed by atoms with Gasteiger partial charge in [0, 0.05) is 18.8 Å². The highest BCUT2D eigenvalue weighted by Gasteiger charge is 2.28. The van der Waals surface area contributed by atoms with Crippen molar-refractivity contribution >= 4 is 23.6 Å². The second-order valence-electron chi connectivity index (χ2n) is 7.17. The van der Waals surface area contributed by atoms with E-state index in [9.17, 15) is 9.59 Å². The molecule has 0 saturated heterocycles. The molecule has 2 aromatic carbocycles. The summed E-state index contributed by atoms with van der Waals surface area (Å²) >= 11 is 1.57. The second kappa shape index (κ2) is 12.3. The third-order valence-corrected chi connectivity index (χ3v) is 5.83. The summed E-state index contributed by atoms with van der Waals surface area (Å²) in [5.41, 5.74) is 3.35. The summed E-state index contributed by atoms with van der Waals surface area (Å²) in [6.45, 7) is 6.79. The fourth-order valence-corrected chi connectivity index (χ4v) is 4.07. The van der Waals surface area contributed by atoms with Crippen LogP contribution in [0.25, 0.3) is 0 Å². The minimum absolute atomic E-state index is 0.0342. The number of hydrogen-bond donors (Lipinski definition) is 1. The smallest absolute Gasteiger partial charge is 0.242 e. The van der Waals surface area contributed by atoms with Gasteiger partial charge in [0.2, 0.25) is 11.8 Å². The normalized spacial score (nSPS) is 11.6. The lowest BCUT2D eigenvalue weighted by Gasteiger charge is -2.30. The molecular weight excluding hydrogens is 396 g/mol. The van der Waals surface area contributed by atoms with Gasteiger partial charge in [0.25, 0.3) is 0 Å². The zero-order chi connectivity index (χ0) is 21.9. The first-order valence-corrected chi connectivity index (χ1v) is 11.5. The Hall–Kier alpha value is -2.47. The van der Waals surface area contributed by atoms with Crippen LogP contribution in [0.5, 0.6) is 5.75 Å². The zero-order valence-electron chi connectivity index (χ0n) is 18.3. The molecule has 2 rings (SSSR count). The van der Waals surface area contributed by atoms with Crippen molar-refractivity contribution in [3.8, 4) is 5.75 Å². The monoisotopic (exact) mass is 428 g/mol. The lowest BCUT2D eigenvalue weighted by Crippen LogP contribution is -2.49. The van der Waals surface area contributed by atoms with Gasteiger partial charge in [-0.2, -0.15) is 0 Å².